The molecular formula is C20H23ClN2O5. The Hall–Kier alpha value is -2.77. The lowest BCUT2D eigenvalue weighted by Gasteiger charge is -2.13. The lowest BCUT2D eigenvalue weighted by atomic mass is 10.1. The highest BCUT2D eigenvalue weighted by atomic mass is 35.5. The van der Waals surface area contributed by atoms with E-state index in [0.717, 1.165) is 0 Å². The highest BCUT2D eigenvalue weighted by molar-refractivity contribution is 6.32. The molecule has 0 aliphatic heterocycles. The first-order chi connectivity index (χ1) is 13.5. The molecule has 0 spiro atoms. The number of carbonyl (C=O) groups is 2. The molecule has 3 N–H and O–H groups in total. The Morgan fingerprint density at radius 1 is 1.11 bits per heavy atom. The van der Waals surface area contributed by atoms with Crippen LogP contribution in [0.3, 0.4) is 0 Å². The fourth-order valence-electron chi connectivity index (χ4n) is 2.43. The number of anilines is 1. The van der Waals surface area contributed by atoms with Gasteiger partial charge >= 0.3 is 0 Å². The van der Waals surface area contributed by atoms with Crippen LogP contribution in [0.1, 0.15) is 34.1 Å². The van der Waals surface area contributed by atoms with Gasteiger partial charge in [0.2, 0.25) is 0 Å². The average molecular weight is 407 g/mol. The molecule has 0 aliphatic rings. The third-order valence-corrected chi connectivity index (χ3v) is 4.09. The van der Waals surface area contributed by atoms with Crippen molar-refractivity contribution in [2.24, 2.45) is 0 Å². The zero-order chi connectivity index (χ0) is 20.5. The van der Waals surface area contributed by atoms with Crippen molar-refractivity contribution >= 4 is 29.1 Å². The molecular weight excluding hydrogens is 384 g/mol. The predicted octanol–water partition coefficient (Wildman–Crippen LogP) is 3.11. The Morgan fingerprint density at radius 3 is 2.43 bits per heavy atom. The first kappa shape index (κ1) is 21.5. The van der Waals surface area contributed by atoms with E-state index in [1.54, 1.807) is 30.3 Å². The molecule has 8 heteroatoms. The van der Waals surface area contributed by atoms with Crippen molar-refractivity contribution in [1.82, 2.24) is 5.32 Å². The van der Waals surface area contributed by atoms with Crippen molar-refractivity contribution in [3.05, 3.63) is 52.5 Å². The molecule has 0 heterocycles. The van der Waals surface area contributed by atoms with Crippen LogP contribution in [0.25, 0.3) is 0 Å². The fraction of sp³-hybridized carbons (Fsp3) is 0.300. The Kier molecular flexibility index (Phi) is 8.10. The van der Waals surface area contributed by atoms with Crippen LogP contribution in [0.2, 0.25) is 5.02 Å². The van der Waals surface area contributed by atoms with Gasteiger partial charge in [-0.1, -0.05) is 11.6 Å². The summed E-state index contributed by atoms with van der Waals surface area (Å²) in [5.41, 5.74) is 1.30. The van der Waals surface area contributed by atoms with Gasteiger partial charge in [0.1, 0.15) is 0 Å². The van der Waals surface area contributed by atoms with Crippen LogP contribution in [0, 0.1) is 0 Å². The number of aliphatic hydroxyl groups is 1. The molecule has 7 nitrogen and oxygen atoms in total. The number of carbonyl (C=O) groups excluding carboxylic acids is 2. The number of hydrogen-bond acceptors (Lipinski definition) is 5. The minimum absolute atomic E-state index is 0.0194. The van der Waals surface area contributed by atoms with E-state index in [2.05, 4.69) is 10.6 Å². The lowest BCUT2D eigenvalue weighted by Crippen LogP contribution is -2.25. The monoisotopic (exact) mass is 406 g/mol. The first-order valence-electron chi connectivity index (χ1n) is 8.81. The topological polar surface area (TPSA) is 96.9 Å². The van der Waals surface area contributed by atoms with Crippen molar-refractivity contribution in [3.8, 4) is 11.5 Å². The molecule has 150 valence electrons. The van der Waals surface area contributed by atoms with Gasteiger partial charge in [-0.05, 0) is 49.7 Å². The molecule has 0 radical (unpaired) electrons. The molecule has 2 aromatic rings. The van der Waals surface area contributed by atoms with E-state index in [-0.39, 0.29) is 23.4 Å². The second-order valence-electron chi connectivity index (χ2n) is 5.79. The van der Waals surface area contributed by atoms with Crippen LogP contribution in [-0.4, -0.2) is 43.8 Å². The third-order valence-electron chi connectivity index (χ3n) is 3.81. The largest absolute Gasteiger partial charge is 0.493 e. The van der Waals surface area contributed by atoms with Gasteiger partial charge in [-0.15, -0.1) is 0 Å². The summed E-state index contributed by atoms with van der Waals surface area (Å²) in [6, 6.07) is 9.53. The summed E-state index contributed by atoms with van der Waals surface area (Å²) < 4.78 is 10.7. The molecule has 0 bridgehead atoms. The van der Waals surface area contributed by atoms with Crippen LogP contribution in [0.4, 0.5) is 5.69 Å². The summed E-state index contributed by atoms with van der Waals surface area (Å²) in [5, 5.41) is 14.5. The maximum Gasteiger partial charge on any atom is 0.255 e. The minimum atomic E-state index is -0.372. The van der Waals surface area contributed by atoms with Gasteiger partial charge < -0.3 is 25.2 Å². The number of rotatable bonds is 9. The smallest absolute Gasteiger partial charge is 0.255 e. The first-order valence-corrected chi connectivity index (χ1v) is 9.18. The van der Waals surface area contributed by atoms with Gasteiger partial charge in [0.05, 0.1) is 18.7 Å². The van der Waals surface area contributed by atoms with E-state index < -0.39 is 0 Å². The predicted molar refractivity (Wildman–Crippen MR) is 108 cm³/mol. The maximum atomic E-state index is 12.5. The molecule has 0 fully saturated rings. The molecule has 0 aliphatic carbocycles. The van der Waals surface area contributed by atoms with Gasteiger partial charge in [-0.3, -0.25) is 9.59 Å². The fourth-order valence-corrected chi connectivity index (χ4v) is 2.69. The third kappa shape index (κ3) is 5.61. The quantitative estimate of drug-likeness (QED) is 0.556. The van der Waals surface area contributed by atoms with E-state index in [1.807, 2.05) is 6.92 Å². The molecule has 2 rings (SSSR count). The number of amides is 2. The number of halogens is 1. The van der Waals surface area contributed by atoms with Crippen molar-refractivity contribution in [3.63, 3.8) is 0 Å². The van der Waals surface area contributed by atoms with Gasteiger partial charge in [0.15, 0.2) is 11.5 Å². The Balaban J connectivity index is 2.08. The highest BCUT2D eigenvalue weighted by Gasteiger charge is 2.16. The Morgan fingerprint density at radius 2 is 1.82 bits per heavy atom. The van der Waals surface area contributed by atoms with Crippen LogP contribution in [0.15, 0.2) is 36.4 Å². The van der Waals surface area contributed by atoms with Crippen LogP contribution < -0.4 is 20.1 Å². The Labute approximate surface area is 168 Å². The molecule has 2 amide bonds. The maximum absolute atomic E-state index is 12.5. The number of methoxy groups -OCH3 is 1. The number of aliphatic hydroxyl groups excluding tert-OH is 1. The number of ether oxygens (including phenoxy) is 2. The lowest BCUT2D eigenvalue weighted by molar-refractivity contribution is 0.0950. The standard InChI is InChI=1S/C20H23ClN2O5/c1-3-28-18-16(21)11-14(12-17(18)27-2)20(26)23-15-7-5-13(6-8-15)19(25)22-9-4-10-24/h5-8,11-12,24H,3-4,9-10H2,1-2H3,(H,22,25)(H,23,26). The molecule has 0 unspecified atom stereocenters. The van der Waals surface area contributed by atoms with Crippen LogP contribution >= 0.6 is 11.6 Å². The van der Waals surface area contributed by atoms with E-state index in [4.69, 9.17) is 26.2 Å². The second-order valence-corrected chi connectivity index (χ2v) is 6.19. The van der Waals surface area contributed by atoms with Gasteiger partial charge in [-0.25, -0.2) is 0 Å². The summed E-state index contributed by atoms with van der Waals surface area (Å²) in [5.74, 6) is 0.145. The second kappa shape index (κ2) is 10.5. The molecule has 0 saturated heterocycles. The van der Waals surface area contributed by atoms with Gasteiger partial charge in [0, 0.05) is 30.0 Å². The van der Waals surface area contributed by atoms with Gasteiger partial charge in [-0.2, -0.15) is 0 Å². The minimum Gasteiger partial charge on any atom is -0.493 e. The summed E-state index contributed by atoms with van der Waals surface area (Å²) in [4.78, 5) is 24.5. The summed E-state index contributed by atoms with van der Waals surface area (Å²) in [6.45, 7) is 2.66. The SMILES string of the molecule is CCOc1c(Cl)cc(C(=O)Nc2ccc(C(=O)NCCCO)cc2)cc1OC. The van der Waals surface area contributed by atoms with E-state index in [1.165, 1.54) is 13.2 Å². The molecule has 0 aromatic heterocycles. The van der Waals surface area contributed by atoms with Crippen LogP contribution in [0.5, 0.6) is 11.5 Å². The van der Waals surface area contributed by atoms with Crippen molar-refractivity contribution in [2.45, 2.75) is 13.3 Å². The number of hydrogen-bond donors (Lipinski definition) is 3. The number of nitrogens with one attached hydrogen (secondary N) is 2. The molecule has 2 aromatic carbocycles. The summed E-state index contributed by atoms with van der Waals surface area (Å²) in [6.07, 6.45) is 0.494. The summed E-state index contributed by atoms with van der Waals surface area (Å²) >= 11 is 6.20. The zero-order valence-electron chi connectivity index (χ0n) is 15.8. The summed E-state index contributed by atoms with van der Waals surface area (Å²) in [7, 11) is 1.47. The molecule has 0 saturated carbocycles. The van der Waals surface area contributed by atoms with Crippen molar-refractivity contribution < 1.29 is 24.2 Å². The van der Waals surface area contributed by atoms with Crippen molar-refractivity contribution in [2.75, 3.05) is 32.2 Å². The normalized spacial score (nSPS) is 10.3. The molecule has 28 heavy (non-hydrogen) atoms. The van der Waals surface area contributed by atoms with Crippen LogP contribution in [-0.2, 0) is 0 Å². The number of benzene rings is 2. The van der Waals surface area contributed by atoms with E-state index in [0.29, 0.717) is 47.9 Å². The van der Waals surface area contributed by atoms with E-state index >= 15 is 0 Å². The van der Waals surface area contributed by atoms with Crippen molar-refractivity contribution in [1.29, 1.82) is 0 Å². The average Bonchev–Trinajstić information content (AvgIpc) is 2.70. The Bertz CT molecular complexity index is 824. The zero-order valence-corrected chi connectivity index (χ0v) is 16.5. The van der Waals surface area contributed by atoms with E-state index in [9.17, 15) is 9.59 Å². The molecule has 0 atom stereocenters. The highest BCUT2D eigenvalue weighted by Crippen LogP contribution is 2.36. The van der Waals surface area contributed by atoms with Gasteiger partial charge in [0.25, 0.3) is 11.8 Å².